The summed E-state index contributed by atoms with van der Waals surface area (Å²) in [6.07, 6.45) is 1.50. The number of aromatic nitrogens is 3. The number of nitrogens with two attached hydrogens (primary N) is 1. The summed E-state index contributed by atoms with van der Waals surface area (Å²) in [5.41, 5.74) is 6.32. The minimum Gasteiger partial charge on any atom is -0.384 e. The van der Waals surface area contributed by atoms with Gasteiger partial charge in [0.2, 0.25) is 5.82 Å². The summed E-state index contributed by atoms with van der Waals surface area (Å²) in [6.45, 7) is 0. The predicted octanol–water partition coefficient (Wildman–Crippen LogP) is 2.66. The van der Waals surface area contributed by atoms with Gasteiger partial charge in [0, 0.05) is 23.4 Å². The number of benzene rings is 1. The molecule has 0 radical (unpaired) electrons. The lowest BCUT2D eigenvalue weighted by Crippen LogP contribution is -1.89. The van der Waals surface area contributed by atoms with Crippen LogP contribution in [0.15, 0.2) is 41.1 Å². The van der Waals surface area contributed by atoms with Gasteiger partial charge in [0.05, 0.1) is 0 Å². The van der Waals surface area contributed by atoms with Gasteiger partial charge < -0.3 is 10.3 Å². The third-order valence-electron chi connectivity index (χ3n) is 2.57. The Balaban J connectivity index is 2.02. The molecule has 0 atom stereocenters. The highest BCUT2D eigenvalue weighted by molar-refractivity contribution is 5.61. The molecule has 0 aliphatic rings. The van der Waals surface area contributed by atoms with E-state index in [1.807, 2.05) is 0 Å². The lowest BCUT2D eigenvalue weighted by Gasteiger charge is -1.96. The Morgan fingerprint density at radius 3 is 2.45 bits per heavy atom. The number of anilines is 1. The molecule has 0 spiro atoms. The minimum absolute atomic E-state index is 0.0915. The molecule has 100 valence electrons. The second-order valence-corrected chi connectivity index (χ2v) is 4.05. The lowest BCUT2D eigenvalue weighted by molar-refractivity contribution is 0.432. The van der Waals surface area contributed by atoms with Crippen LogP contribution in [0, 0.1) is 11.6 Å². The molecule has 0 saturated carbocycles. The van der Waals surface area contributed by atoms with E-state index in [1.54, 1.807) is 12.1 Å². The Hall–Kier alpha value is -2.83. The van der Waals surface area contributed by atoms with Crippen molar-refractivity contribution in [2.75, 3.05) is 5.73 Å². The van der Waals surface area contributed by atoms with Crippen molar-refractivity contribution < 1.29 is 13.3 Å². The second kappa shape index (κ2) is 4.69. The van der Waals surface area contributed by atoms with Crippen LogP contribution < -0.4 is 5.73 Å². The smallest absolute Gasteiger partial charge is 0.258 e. The van der Waals surface area contributed by atoms with E-state index in [0.717, 1.165) is 18.2 Å². The Bertz CT molecular complexity index is 752. The fourth-order valence-corrected chi connectivity index (χ4v) is 1.72. The molecule has 5 nitrogen and oxygen atoms in total. The van der Waals surface area contributed by atoms with Crippen molar-refractivity contribution in [1.29, 1.82) is 0 Å². The van der Waals surface area contributed by atoms with Gasteiger partial charge in [0.1, 0.15) is 17.5 Å². The zero-order valence-corrected chi connectivity index (χ0v) is 10.0. The number of pyridine rings is 1. The van der Waals surface area contributed by atoms with E-state index < -0.39 is 11.6 Å². The van der Waals surface area contributed by atoms with Gasteiger partial charge in [0.25, 0.3) is 5.89 Å². The molecule has 0 unspecified atom stereocenters. The van der Waals surface area contributed by atoms with Gasteiger partial charge in [-0.05, 0) is 24.3 Å². The van der Waals surface area contributed by atoms with Crippen LogP contribution in [0.1, 0.15) is 0 Å². The lowest BCUT2D eigenvalue weighted by atomic mass is 10.2. The van der Waals surface area contributed by atoms with E-state index >= 15 is 0 Å². The Morgan fingerprint density at radius 2 is 1.75 bits per heavy atom. The third kappa shape index (κ3) is 2.33. The van der Waals surface area contributed by atoms with Gasteiger partial charge in [-0.2, -0.15) is 4.98 Å². The molecule has 0 aliphatic heterocycles. The number of rotatable bonds is 2. The van der Waals surface area contributed by atoms with E-state index in [9.17, 15) is 8.78 Å². The van der Waals surface area contributed by atoms with Gasteiger partial charge in [-0.1, -0.05) is 5.16 Å². The van der Waals surface area contributed by atoms with Gasteiger partial charge in [-0.25, -0.2) is 13.8 Å². The van der Waals surface area contributed by atoms with Gasteiger partial charge >= 0.3 is 0 Å². The first-order valence-electron chi connectivity index (χ1n) is 5.64. The van der Waals surface area contributed by atoms with E-state index in [2.05, 4.69) is 15.1 Å². The fraction of sp³-hybridized carbons (Fsp3) is 0. The number of nitrogens with zero attached hydrogens (tertiary/aromatic N) is 3. The number of hydrogen-bond acceptors (Lipinski definition) is 5. The highest BCUT2D eigenvalue weighted by Gasteiger charge is 2.12. The van der Waals surface area contributed by atoms with Crippen molar-refractivity contribution in [3.05, 3.63) is 48.2 Å². The molecule has 1 aromatic carbocycles. The average molecular weight is 274 g/mol. The quantitative estimate of drug-likeness (QED) is 0.777. The summed E-state index contributed by atoms with van der Waals surface area (Å²) in [5, 5.41) is 3.69. The second-order valence-electron chi connectivity index (χ2n) is 4.05. The molecule has 0 fully saturated rings. The Kier molecular flexibility index (Phi) is 2.86. The first-order chi connectivity index (χ1) is 9.61. The standard InChI is InChI=1S/C13H8F2N4O/c14-9-3-8(4-10(15)6-9)12-18-13(20-19-12)7-1-2-17-11(16)5-7/h1-6H,(H2,16,17). The maximum atomic E-state index is 13.1. The number of nitrogen functional groups attached to an aromatic ring is 1. The van der Waals surface area contributed by atoms with Crippen molar-refractivity contribution in [3.63, 3.8) is 0 Å². The first kappa shape index (κ1) is 12.2. The summed E-state index contributed by atoms with van der Waals surface area (Å²) >= 11 is 0. The van der Waals surface area contributed by atoms with Crippen LogP contribution >= 0.6 is 0 Å². The zero-order chi connectivity index (χ0) is 14.1. The maximum Gasteiger partial charge on any atom is 0.258 e. The summed E-state index contributed by atoms with van der Waals surface area (Å²) in [7, 11) is 0. The molecule has 2 aromatic heterocycles. The molecule has 3 aromatic rings. The highest BCUT2D eigenvalue weighted by atomic mass is 19.1. The van der Waals surface area contributed by atoms with Gasteiger partial charge in [-0.3, -0.25) is 0 Å². The monoisotopic (exact) mass is 274 g/mol. The van der Waals surface area contributed by atoms with Crippen molar-refractivity contribution in [2.24, 2.45) is 0 Å². The van der Waals surface area contributed by atoms with Crippen LogP contribution in [0.25, 0.3) is 22.8 Å². The third-order valence-corrected chi connectivity index (χ3v) is 2.57. The summed E-state index contributed by atoms with van der Waals surface area (Å²) in [6, 6.07) is 6.22. The number of halogens is 2. The normalized spacial score (nSPS) is 10.7. The van der Waals surface area contributed by atoms with E-state index in [4.69, 9.17) is 10.3 Å². The van der Waals surface area contributed by atoms with Crippen LogP contribution in [0.2, 0.25) is 0 Å². The van der Waals surface area contributed by atoms with Crippen molar-refractivity contribution >= 4 is 5.82 Å². The van der Waals surface area contributed by atoms with Crippen molar-refractivity contribution in [3.8, 4) is 22.8 Å². The van der Waals surface area contributed by atoms with E-state index in [1.165, 1.54) is 6.20 Å². The largest absolute Gasteiger partial charge is 0.384 e. The average Bonchev–Trinajstić information content (AvgIpc) is 2.87. The molecule has 0 amide bonds. The fourth-order valence-electron chi connectivity index (χ4n) is 1.72. The van der Waals surface area contributed by atoms with Gasteiger partial charge in [0.15, 0.2) is 0 Å². The van der Waals surface area contributed by atoms with E-state index in [-0.39, 0.29) is 17.3 Å². The molecule has 0 aliphatic carbocycles. The van der Waals surface area contributed by atoms with Crippen LogP contribution in [-0.4, -0.2) is 15.1 Å². The molecule has 3 rings (SSSR count). The first-order valence-corrected chi connectivity index (χ1v) is 5.64. The molecule has 0 saturated heterocycles. The molecule has 20 heavy (non-hydrogen) atoms. The van der Waals surface area contributed by atoms with Crippen LogP contribution in [0.5, 0.6) is 0 Å². The molecule has 0 bridgehead atoms. The minimum atomic E-state index is -0.709. The summed E-state index contributed by atoms with van der Waals surface area (Å²) in [4.78, 5) is 7.92. The summed E-state index contributed by atoms with van der Waals surface area (Å²) < 4.78 is 31.3. The van der Waals surface area contributed by atoms with Crippen LogP contribution in [0.3, 0.4) is 0 Å². The van der Waals surface area contributed by atoms with E-state index in [0.29, 0.717) is 11.4 Å². The Labute approximate surface area is 112 Å². The topological polar surface area (TPSA) is 77.8 Å². The predicted molar refractivity (Wildman–Crippen MR) is 67.3 cm³/mol. The van der Waals surface area contributed by atoms with Crippen LogP contribution in [0.4, 0.5) is 14.6 Å². The van der Waals surface area contributed by atoms with Gasteiger partial charge in [-0.15, -0.1) is 0 Å². The Morgan fingerprint density at radius 1 is 1.00 bits per heavy atom. The molecule has 7 heteroatoms. The van der Waals surface area contributed by atoms with Crippen molar-refractivity contribution in [2.45, 2.75) is 0 Å². The zero-order valence-electron chi connectivity index (χ0n) is 10.0. The maximum absolute atomic E-state index is 13.1. The molecular formula is C13H8F2N4O. The van der Waals surface area contributed by atoms with Crippen LogP contribution in [-0.2, 0) is 0 Å². The SMILES string of the molecule is Nc1cc(-c2nc(-c3cc(F)cc(F)c3)no2)ccn1. The molecule has 2 heterocycles. The summed E-state index contributed by atoms with van der Waals surface area (Å²) in [5.74, 6) is -0.828. The number of hydrogen-bond donors (Lipinski definition) is 1. The molecule has 2 N–H and O–H groups in total. The molecular weight excluding hydrogens is 266 g/mol. The van der Waals surface area contributed by atoms with Crippen molar-refractivity contribution in [1.82, 2.24) is 15.1 Å². The highest BCUT2D eigenvalue weighted by Crippen LogP contribution is 2.23.